The van der Waals surface area contributed by atoms with Crippen LogP contribution in [0.3, 0.4) is 0 Å². The van der Waals surface area contributed by atoms with Crippen LogP contribution in [-0.4, -0.2) is 0 Å². The van der Waals surface area contributed by atoms with Crippen molar-refractivity contribution in [1.29, 1.82) is 5.26 Å². The molecule has 0 spiro atoms. The van der Waals surface area contributed by atoms with Crippen LogP contribution in [0.5, 0.6) is 0 Å². The van der Waals surface area contributed by atoms with Gasteiger partial charge in [0, 0.05) is 17.1 Å². The van der Waals surface area contributed by atoms with E-state index < -0.39 is 5.41 Å². The molecule has 0 aliphatic heterocycles. The predicted molar refractivity (Wildman–Crippen MR) is 109 cm³/mol. The Balaban J connectivity index is 2.07. The summed E-state index contributed by atoms with van der Waals surface area (Å²) in [5.41, 5.74) is 6.33. The first-order valence-corrected chi connectivity index (χ1v) is 8.86. The molecule has 3 aromatic carbocycles. The van der Waals surface area contributed by atoms with Crippen LogP contribution in [0.4, 0.5) is 17.1 Å². The van der Waals surface area contributed by atoms with Gasteiger partial charge in [-0.3, -0.25) is 0 Å². The van der Waals surface area contributed by atoms with E-state index >= 15 is 0 Å². The fraction of sp³-hybridized carbons (Fsp3) is 0.208. The second kappa shape index (κ2) is 7.06. The minimum atomic E-state index is -0.489. The van der Waals surface area contributed by atoms with Crippen LogP contribution in [0.2, 0.25) is 0 Å². The van der Waals surface area contributed by atoms with E-state index in [0.717, 1.165) is 22.6 Å². The summed E-state index contributed by atoms with van der Waals surface area (Å²) in [6.07, 6.45) is 0. The first-order chi connectivity index (χ1) is 12.4. The summed E-state index contributed by atoms with van der Waals surface area (Å²) in [7, 11) is 0. The third-order valence-corrected chi connectivity index (χ3v) is 4.71. The van der Waals surface area contributed by atoms with Crippen molar-refractivity contribution in [2.75, 3.05) is 4.90 Å². The van der Waals surface area contributed by atoms with E-state index in [1.165, 1.54) is 11.1 Å². The zero-order valence-electron chi connectivity index (χ0n) is 15.8. The predicted octanol–water partition coefficient (Wildman–Crippen LogP) is 6.57. The van der Waals surface area contributed by atoms with Gasteiger partial charge in [-0.1, -0.05) is 47.5 Å². The molecule has 130 valence electrons. The molecule has 0 bridgehead atoms. The SMILES string of the molecule is Cc1ccc(N(c2ccc(C)cc2)c2ccc(C(C)(C)C#N)cc2)cc1. The maximum absolute atomic E-state index is 9.37. The van der Waals surface area contributed by atoms with Crippen LogP contribution in [0, 0.1) is 25.2 Å². The standard InChI is InChI=1S/C24H24N2/c1-18-5-11-21(12-6-18)26(22-13-7-19(2)8-14-22)23-15-9-20(10-16-23)24(3,4)17-25/h5-16H,1-4H3. The maximum atomic E-state index is 9.37. The number of benzene rings is 3. The lowest BCUT2D eigenvalue weighted by atomic mass is 9.86. The lowest BCUT2D eigenvalue weighted by Crippen LogP contribution is -2.14. The lowest BCUT2D eigenvalue weighted by Gasteiger charge is -2.26. The quantitative estimate of drug-likeness (QED) is 0.537. The van der Waals surface area contributed by atoms with E-state index in [1.807, 2.05) is 26.0 Å². The molecule has 0 aliphatic rings. The smallest absolute Gasteiger partial charge is 0.0766 e. The van der Waals surface area contributed by atoms with Crippen LogP contribution < -0.4 is 4.90 Å². The summed E-state index contributed by atoms with van der Waals surface area (Å²) in [4.78, 5) is 2.24. The Hall–Kier alpha value is -3.05. The molecule has 0 aromatic heterocycles. The van der Waals surface area contributed by atoms with Crippen LogP contribution >= 0.6 is 0 Å². The van der Waals surface area contributed by atoms with Gasteiger partial charge in [-0.05, 0) is 69.7 Å². The Labute approximate surface area is 156 Å². The first kappa shape index (κ1) is 17.8. The number of aryl methyl sites for hydroxylation is 2. The number of nitrogens with zero attached hydrogens (tertiary/aromatic N) is 2. The molecule has 26 heavy (non-hydrogen) atoms. The molecule has 0 atom stereocenters. The monoisotopic (exact) mass is 340 g/mol. The summed E-state index contributed by atoms with van der Waals surface area (Å²) in [6, 6.07) is 27.7. The van der Waals surface area contributed by atoms with Gasteiger partial charge in [0.15, 0.2) is 0 Å². The van der Waals surface area contributed by atoms with E-state index in [-0.39, 0.29) is 0 Å². The highest BCUT2D eigenvalue weighted by Crippen LogP contribution is 2.35. The molecule has 2 nitrogen and oxygen atoms in total. The fourth-order valence-corrected chi connectivity index (χ4v) is 2.93. The normalized spacial score (nSPS) is 11.0. The maximum Gasteiger partial charge on any atom is 0.0766 e. The topological polar surface area (TPSA) is 27.0 Å². The third-order valence-electron chi connectivity index (χ3n) is 4.71. The molecule has 0 aliphatic carbocycles. The Bertz CT molecular complexity index is 866. The molecule has 0 unspecified atom stereocenters. The van der Waals surface area contributed by atoms with Gasteiger partial charge in [0.2, 0.25) is 0 Å². The average molecular weight is 340 g/mol. The minimum absolute atomic E-state index is 0.489. The van der Waals surface area contributed by atoms with E-state index in [1.54, 1.807) is 0 Å². The highest BCUT2D eigenvalue weighted by Gasteiger charge is 2.20. The molecule has 0 N–H and O–H groups in total. The van der Waals surface area contributed by atoms with E-state index in [4.69, 9.17) is 0 Å². The van der Waals surface area contributed by atoms with Gasteiger partial charge in [-0.25, -0.2) is 0 Å². The molecule has 0 amide bonds. The summed E-state index contributed by atoms with van der Waals surface area (Å²) in [5, 5.41) is 9.37. The van der Waals surface area contributed by atoms with Gasteiger partial charge < -0.3 is 4.90 Å². The van der Waals surface area contributed by atoms with Crippen molar-refractivity contribution in [3.05, 3.63) is 89.5 Å². The molecule has 0 saturated carbocycles. The summed E-state index contributed by atoms with van der Waals surface area (Å²) in [6.45, 7) is 8.08. The fourth-order valence-electron chi connectivity index (χ4n) is 2.93. The van der Waals surface area contributed by atoms with Crippen molar-refractivity contribution in [3.8, 4) is 6.07 Å². The second-order valence-electron chi connectivity index (χ2n) is 7.29. The van der Waals surface area contributed by atoms with E-state index in [0.29, 0.717) is 0 Å². The van der Waals surface area contributed by atoms with Gasteiger partial charge in [-0.15, -0.1) is 0 Å². The average Bonchev–Trinajstić information content (AvgIpc) is 2.65. The highest BCUT2D eigenvalue weighted by atomic mass is 15.1. The number of nitriles is 1. The van der Waals surface area contributed by atoms with E-state index in [2.05, 4.69) is 85.5 Å². The third kappa shape index (κ3) is 3.63. The Morgan fingerprint density at radius 3 is 1.35 bits per heavy atom. The molecular formula is C24H24N2. The number of hydrogen-bond donors (Lipinski definition) is 0. The van der Waals surface area contributed by atoms with Crippen LogP contribution in [0.25, 0.3) is 0 Å². The van der Waals surface area contributed by atoms with Gasteiger partial charge in [0.05, 0.1) is 11.5 Å². The second-order valence-corrected chi connectivity index (χ2v) is 7.29. The number of hydrogen-bond acceptors (Lipinski definition) is 2. The van der Waals surface area contributed by atoms with Gasteiger partial charge in [0.25, 0.3) is 0 Å². The molecule has 0 fully saturated rings. The summed E-state index contributed by atoms with van der Waals surface area (Å²) >= 11 is 0. The Kier molecular flexibility index (Phi) is 4.82. The first-order valence-electron chi connectivity index (χ1n) is 8.86. The molecule has 0 saturated heterocycles. The molecule has 3 rings (SSSR count). The van der Waals surface area contributed by atoms with Crippen molar-refractivity contribution in [2.24, 2.45) is 0 Å². The zero-order valence-corrected chi connectivity index (χ0v) is 15.8. The molecule has 2 heteroatoms. The van der Waals surface area contributed by atoms with Gasteiger partial charge in [0.1, 0.15) is 0 Å². The van der Waals surface area contributed by atoms with Crippen molar-refractivity contribution in [1.82, 2.24) is 0 Å². The lowest BCUT2D eigenvalue weighted by molar-refractivity contribution is 0.687. The van der Waals surface area contributed by atoms with Crippen LogP contribution in [0.15, 0.2) is 72.8 Å². The number of rotatable bonds is 4. The molecule has 0 heterocycles. The summed E-state index contributed by atoms with van der Waals surface area (Å²) < 4.78 is 0. The van der Waals surface area contributed by atoms with Gasteiger partial charge >= 0.3 is 0 Å². The van der Waals surface area contributed by atoms with Crippen LogP contribution in [-0.2, 0) is 5.41 Å². The van der Waals surface area contributed by atoms with Crippen molar-refractivity contribution in [2.45, 2.75) is 33.1 Å². The van der Waals surface area contributed by atoms with Crippen molar-refractivity contribution >= 4 is 17.1 Å². The Morgan fingerprint density at radius 1 is 0.654 bits per heavy atom. The van der Waals surface area contributed by atoms with Gasteiger partial charge in [-0.2, -0.15) is 5.26 Å². The minimum Gasteiger partial charge on any atom is -0.311 e. The highest BCUT2D eigenvalue weighted by molar-refractivity contribution is 5.76. The Morgan fingerprint density at radius 2 is 1.00 bits per heavy atom. The zero-order chi connectivity index (χ0) is 18.7. The van der Waals surface area contributed by atoms with E-state index in [9.17, 15) is 5.26 Å². The molecule has 3 aromatic rings. The molecular weight excluding hydrogens is 316 g/mol. The molecule has 0 radical (unpaired) electrons. The van der Waals surface area contributed by atoms with Crippen molar-refractivity contribution < 1.29 is 0 Å². The summed E-state index contributed by atoms with van der Waals surface area (Å²) in [5.74, 6) is 0. The largest absolute Gasteiger partial charge is 0.311 e. The number of anilines is 3. The van der Waals surface area contributed by atoms with Crippen molar-refractivity contribution in [3.63, 3.8) is 0 Å². The van der Waals surface area contributed by atoms with Crippen LogP contribution in [0.1, 0.15) is 30.5 Å².